The van der Waals surface area contributed by atoms with E-state index >= 15 is 0 Å². The number of para-hydroxylation sites is 3. The fourth-order valence-electron chi connectivity index (χ4n) is 18.7. The first-order valence-corrected chi connectivity index (χ1v) is 46.0. The highest BCUT2D eigenvalue weighted by molar-refractivity contribution is 6.25. The third kappa shape index (κ3) is 15.9. The van der Waals surface area contributed by atoms with Gasteiger partial charge < -0.3 is 0 Å². The number of benzene rings is 16. The van der Waals surface area contributed by atoms with Gasteiger partial charge in [-0.15, -0.1) is 0 Å². The van der Waals surface area contributed by atoms with Gasteiger partial charge in [0.2, 0.25) is 0 Å². The lowest BCUT2D eigenvalue weighted by molar-refractivity contribution is 0.316. The fourth-order valence-corrected chi connectivity index (χ4v) is 18.7. The van der Waals surface area contributed by atoms with Crippen LogP contribution >= 0.6 is 0 Å². The molecule has 0 unspecified atom stereocenters. The number of rotatable bonds is 15. The Morgan fingerprint density at radius 2 is 0.433 bits per heavy atom. The number of hydrogen-bond acceptors (Lipinski definition) is 20. The topological polar surface area (TPSA) is 259 Å². The predicted molar refractivity (Wildman–Crippen MR) is 558 cm³/mol. The minimum atomic E-state index is 0.610. The lowest BCUT2D eigenvalue weighted by Crippen LogP contribution is -2.00. The van der Waals surface area contributed by atoms with Gasteiger partial charge in [0.15, 0.2) is 23.3 Å². The molecule has 27 rings (SSSR count). The summed E-state index contributed by atoms with van der Waals surface area (Å²) < 4.78 is 15.5. The first-order valence-electron chi connectivity index (χ1n) is 46.0. The standard InChI is InChI=1S/C41H25N5O.2C40H24N6O/c1-4-11-27(12-5-1)35-25-36(43-41(42-35)30-15-8-3-9-16-30)28-21-19-26(20-22-28)31-17-10-18-32-37-33(23-24-34-40(37)46-47-45-34)38(44-39(31)32)29-13-6-2-7-14-29;1-4-11-26(12-5-1)35-32-23-24-33-37(46-47-45-33)34(32)31-18-10-17-30(36(31)41-35)25-19-21-29(22-20-25)40-43-38(27-13-6-2-7-14-27)42-39(44-40)28-15-8-3-9-16-28;1-2-9-27(10-3-1)38-31-19-20-34-40(46-47-45-34)37(31)30-12-8-11-29(39(30)44-38)26-17-15-25(16-18-26)28-23-35(32-13-4-6-21-41-32)43-36(24-28)33-14-5-7-22-42-33/h1-25H;2*1-24H. The molecular weight excluding hydrogens is 1740 g/mol. The third-order valence-electron chi connectivity index (χ3n) is 25.5. The van der Waals surface area contributed by atoms with Crippen LogP contribution in [0.1, 0.15) is 0 Å². The largest absolute Gasteiger partial charge is 0.255 e. The van der Waals surface area contributed by atoms with E-state index in [0.717, 1.165) is 227 Å². The van der Waals surface area contributed by atoms with Crippen molar-refractivity contribution >= 4 is 98.1 Å². The van der Waals surface area contributed by atoms with E-state index in [0.29, 0.717) is 39.8 Å². The van der Waals surface area contributed by atoms with Gasteiger partial charge in [-0.3, -0.25) is 9.97 Å². The van der Waals surface area contributed by atoms with Crippen molar-refractivity contribution in [1.29, 1.82) is 0 Å². The minimum Gasteiger partial charge on any atom is -0.255 e. The van der Waals surface area contributed by atoms with Crippen LogP contribution in [0.3, 0.4) is 0 Å². The van der Waals surface area contributed by atoms with Crippen LogP contribution in [0.15, 0.2) is 457 Å². The Morgan fingerprint density at radius 3 is 0.766 bits per heavy atom. The smallest absolute Gasteiger partial charge is 0.164 e. The summed E-state index contributed by atoms with van der Waals surface area (Å²) in [6, 6.07) is 145. The highest BCUT2D eigenvalue weighted by Crippen LogP contribution is 2.46. The maximum atomic E-state index is 5.31. The molecule has 660 valence electrons. The third-order valence-corrected chi connectivity index (χ3v) is 25.5. The summed E-state index contributed by atoms with van der Waals surface area (Å²) >= 11 is 0. The molecule has 0 aliphatic rings. The van der Waals surface area contributed by atoms with Crippen LogP contribution < -0.4 is 0 Å². The molecule has 0 N–H and O–H groups in total. The van der Waals surface area contributed by atoms with Gasteiger partial charge in [-0.1, -0.05) is 352 Å². The van der Waals surface area contributed by atoms with Gasteiger partial charge in [0.1, 0.15) is 33.1 Å². The van der Waals surface area contributed by atoms with Gasteiger partial charge in [-0.2, -0.15) is 0 Å². The molecule has 0 aliphatic heterocycles. The molecule has 141 heavy (non-hydrogen) atoms. The quantitative estimate of drug-likeness (QED) is 0.0864. The Hall–Kier alpha value is -19.7. The van der Waals surface area contributed by atoms with Gasteiger partial charge in [0.25, 0.3) is 0 Å². The Labute approximate surface area is 804 Å². The number of nitrogens with zero attached hydrogens (tertiary/aromatic N) is 17. The average molecular weight is 1810 g/mol. The van der Waals surface area contributed by atoms with Crippen molar-refractivity contribution in [3.8, 4) is 169 Å². The summed E-state index contributed by atoms with van der Waals surface area (Å²) in [6.45, 7) is 0. The van der Waals surface area contributed by atoms with Crippen molar-refractivity contribution in [1.82, 2.24) is 85.8 Å². The Bertz CT molecular complexity index is 8340. The molecule has 0 fully saturated rings. The normalized spacial score (nSPS) is 11.4. The van der Waals surface area contributed by atoms with Gasteiger partial charge in [-0.25, -0.2) is 58.7 Å². The first kappa shape index (κ1) is 83.1. The maximum absolute atomic E-state index is 5.31. The lowest BCUT2D eigenvalue weighted by atomic mass is 9.94. The molecule has 0 saturated carbocycles. The van der Waals surface area contributed by atoms with Crippen molar-refractivity contribution in [3.63, 3.8) is 0 Å². The number of hydrogen-bond donors (Lipinski definition) is 0. The van der Waals surface area contributed by atoms with E-state index in [1.54, 1.807) is 12.4 Å². The van der Waals surface area contributed by atoms with Crippen LogP contribution in [0.4, 0.5) is 0 Å². The molecule has 0 saturated heterocycles. The zero-order valence-electron chi connectivity index (χ0n) is 75.0. The van der Waals surface area contributed by atoms with E-state index in [9.17, 15) is 0 Å². The fraction of sp³-hybridized carbons (Fsp3) is 0. The summed E-state index contributed by atoms with van der Waals surface area (Å²) in [5.74, 6) is 2.56. The van der Waals surface area contributed by atoms with Crippen molar-refractivity contribution in [2.45, 2.75) is 0 Å². The molecule has 11 aromatic heterocycles. The van der Waals surface area contributed by atoms with Crippen LogP contribution in [-0.2, 0) is 0 Å². The Kier molecular flexibility index (Phi) is 21.4. The second-order valence-corrected chi connectivity index (χ2v) is 34.0. The predicted octanol–water partition coefficient (Wildman–Crippen LogP) is 28.9. The van der Waals surface area contributed by atoms with E-state index in [1.807, 2.05) is 218 Å². The van der Waals surface area contributed by atoms with Crippen LogP contribution in [0, 0.1) is 0 Å². The molecule has 16 aromatic carbocycles. The van der Waals surface area contributed by atoms with E-state index in [4.69, 9.17) is 58.7 Å². The molecular formula is C121H73N17O3. The molecule has 0 aliphatic carbocycles. The molecule has 0 bridgehead atoms. The number of pyridine rings is 6. The van der Waals surface area contributed by atoms with E-state index in [2.05, 4.69) is 253 Å². The second-order valence-electron chi connectivity index (χ2n) is 34.0. The summed E-state index contributed by atoms with van der Waals surface area (Å²) in [5.41, 5.74) is 31.7. The molecule has 11 heterocycles. The maximum Gasteiger partial charge on any atom is 0.164 e. The SMILES string of the molecule is c1ccc(-c2cc(-c3ccc(-c4cccc5c4nc(-c4ccccc4)c4ccc6nonc6c45)cc3)nc(-c3ccccc3)n2)cc1.c1ccc(-c2nc(-c3ccccc3)nc(-c3ccc(-c4cccc5c4nc(-c4ccccc4)c4ccc6nonc6c45)cc3)n2)cc1.c1ccc(-c2nc3c(-c4ccc(-c5cc(-c6ccccn6)nc(-c6ccccn6)c5)cc4)cccc3c3c2ccc2nonc23)cc1. The van der Waals surface area contributed by atoms with Crippen LogP contribution in [0.5, 0.6) is 0 Å². The monoisotopic (exact) mass is 1810 g/mol. The van der Waals surface area contributed by atoms with Gasteiger partial charge >= 0.3 is 0 Å². The average Bonchev–Trinajstić information content (AvgIpc) is 1.73. The van der Waals surface area contributed by atoms with Crippen molar-refractivity contribution < 1.29 is 13.9 Å². The zero-order chi connectivity index (χ0) is 93.5. The van der Waals surface area contributed by atoms with E-state index in [1.165, 1.54) is 0 Å². The van der Waals surface area contributed by atoms with Gasteiger partial charge in [-0.05, 0) is 138 Å². The van der Waals surface area contributed by atoms with Crippen LogP contribution in [-0.4, -0.2) is 85.8 Å². The molecule has 27 aromatic rings. The Morgan fingerprint density at radius 1 is 0.149 bits per heavy atom. The summed E-state index contributed by atoms with van der Waals surface area (Å²) in [7, 11) is 0. The van der Waals surface area contributed by atoms with E-state index in [-0.39, 0.29) is 0 Å². The highest BCUT2D eigenvalue weighted by atomic mass is 16.6. The van der Waals surface area contributed by atoms with Crippen molar-refractivity contribution in [3.05, 3.63) is 443 Å². The van der Waals surface area contributed by atoms with Crippen molar-refractivity contribution in [2.24, 2.45) is 0 Å². The molecule has 0 radical (unpaired) electrons. The van der Waals surface area contributed by atoms with Crippen LogP contribution in [0.2, 0.25) is 0 Å². The summed E-state index contributed by atoms with van der Waals surface area (Å²) in [6.07, 6.45) is 3.57. The van der Waals surface area contributed by atoms with Crippen molar-refractivity contribution in [2.75, 3.05) is 0 Å². The molecule has 20 nitrogen and oxygen atoms in total. The van der Waals surface area contributed by atoms with Gasteiger partial charge in [0.05, 0.1) is 67.8 Å². The molecule has 0 atom stereocenters. The summed E-state index contributed by atoms with van der Waals surface area (Å²) in [5, 5.41) is 34.2. The summed E-state index contributed by atoms with van der Waals surface area (Å²) in [4.78, 5) is 54.5. The lowest BCUT2D eigenvalue weighted by Gasteiger charge is -2.14. The number of aromatic nitrogens is 17. The minimum absolute atomic E-state index is 0.610. The molecule has 0 amide bonds. The Balaban J connectivity index is 0.000000111. The first-order chi connectivity index (χ1) is 69.9. The second kappa shape index (κ2) is 36.2. The number of fused-ring (bicyclic) bond motifs is 15. The van der Waals surface area contributed by atoms with Crippen LogP contribution in [0.25, 0.3) is 267 Å². The molecule has 0 spiro atoms. The van der Waals surface area contributed by atoms with Gasteiger partial charge in [0, 0.05) is 128 Å². The van der Waals surface area contributed by atoms with E-state index < -0.39 is 0 Å². The molecule has 20 heteroatoms. The highest BCUT2D eigenvalue weighted by Gasteiger charge is 2.25. The zero-order valence-corrected chi connectivity index (χ0v) is 75.0.